The van der Waals surface area contributed by atoms with E-state index >= 15 is 0 Å². The van der Waals surface area contributed by atoms with E-state index in [4.69, 9.17) is 4.74 Å². The number of carbonyl (C=O) groups is 1. The van der Waals surface area contributed by atoms with Gasteiger partial charge in [-0.15, -0.1) is 0 Å². The van der Waals surface area contributed by atoms with Crippen molar-refractivity contribution >= 4 is 5.78 Å². The third kappa shape index (κ3) is 6.26. The Morgan fingerprint density at radius 3 is 2.38 bits per heavy atom. The summed E-state index contributed by atoms with van der Waals surface area (Å²) in [4.78, 5) is 12.0. The van der Waals surface area contributed by atoms with E-state index in [9.17, 15) is 4.79 Å². The third-order valence-electron chi connectivity index (χ3n) is 3.38. The molecule has 0 bridgehead atoms. The highest BCUT2D eigenvalue weighted by Crippen LogP contribution is 2.21. The van der Waals surface area contributed by atoms with Crippen molar-refractivity contribution in [2.45, 2.75) is 71.8 Å². The van der Waals surface area contributed by atoms with Crippen LogP contribution in [0.5, 0.6) is 0 Å². The number of ether oxygens (including phenoxy) is 1. The number of methoxy groups -OCH3 is 1. The average molecular weight is 228 g/mol. The van der Waals surface area contributed by atoms with Gasteiger partial charge in [-0.05, 0) is 33.1 Å². The van der Waals surface area contributed by atoms with Crippen LogP contribution in [0.1, 0.15) is 66.2 Å². The maximum Gasteiger partial charge on any atom is 0.136 e. The molecule has 0 aliphatic carbocycles. The Hall–Kier alpha value is -0.370. The minimum absolute atomic E-state index is 0.168. The van der Waals surface area contributed by atoms with E-state index in [0.717, 1.165) is 25.7 Å². The first-order valence-corrected chi connectivity index (χ1v) is 6.54. The number of ketones is 1. The fraction of sp³-hybridized carbons (Fsp3) is 0.929. The maximum absolute atomic E-state index is 12.0. The van der Waals surface area contributed by atoms with Crippen molar-refractivity contribution in [1.82, 2.24) is 0 Å². The van der Waals surface area contributed by atoms with E-state index in [1.54, 1.807) is 7.11 Å². The Morgan fingerprint density at radius 2 is 1.94 bits per heavy atom. The predicted molar refractivity (Wildman–Crippen MR) is 68.6 cm³/mol. The van der Waals surface area contributed by atoms with Crippen LogP contribution in [0.15, 0.2) is 0 Å². The minimum Gasteiger partial charge on any atom is -0.379 e. The van der Waals surface area contributed by atoms with Crippen molar-refractivity contribution in [3.8, 4) is 0 Å². The second-order valence-corrected chi connectivity index (χ2v) is 5.18. The number of Topliss-reactive ketones (excluding diaryl/α,β-unsaturated/α-hetero) is 1. The zero-order valence-electron chi connectivity index (χ0n) is 11.6. The molecule has 2 heteroatoms. The molecule has 0 aromatic heterocycles. The van der Waals surface area contributed by atoms with Gasteiger partial charge < -0.3 is 4.74 Å². The summed E-state index contributed by atoms with van der Waals surface area (Å²) in [6, 6.07) is 0. The lowest BCUT2D eigenvalue weighted by atomic mass is 9.89. The molecule has 0 N–H and O–H groups in total. The van der Waals surface area contributed by atoms with Gasteiger partial charge in [0.15, 0.2) is 0 Å². The van der Waals surface area contributed by atoms with Crippen LogP contribution < -0.4 is 0 Å². The van der Waals surface area contributed by atoms with Crippen LogP contribution in [-0.2, 0) is 9.53 Å². The molecule has 0 amide bonds. The summed E-state index contributed by atoms with van der Waals surface area (Å²) >= 11 is 0. The van der Waals surface area contributed by atoms with Gasteiger partial charge >= 0.3 is 0 Å². The van der Waals surface area contributed by atoms with Gasteiger partial charge in [0.1, 0.15) is 5.78 Å². The van der Waals surface area contributed by atoms with E-state index < -0.39 is 0 Å². The quantitative estimate of drug-likeness (QED) is 0.596. The smallest absolute Gasteiger partial charge is 0.136 e. The molecule has 0 rings (SSSR count). The molecule has 0 saturated heterocycles. The molecule has 0 heterocycles. The molecule has 0 spiro atoms. The molecule has 0 aliphatic heterocycles. The molecule has 0 aromatic carbocycles. The summed E-state index contributed by atoms with van der Waals surface area (Å²) in [6.07, 6.45) is 5.85. The minimum atomic E-state index is -0.168. The largest absolute Gasteiger partial charge is 0.379 e. The molecule has 0 aromatic rings. The lowest BCUT2D eigenvalue weighted by Crippen LogP contribution is -2.25. The Kier molecular flexibility index (Phi) is 7.65. The average Bonchev–Trinajstić information content (AvgIpc) is 2.27. The second kappa shape index (κ2) is 7.83. The molecule has 0 aliphatic rings. The monoisotopic (exact) mass is 228 g/mol. The lowest BCUT2D eigenvalue weighted by Gasteiger charge is -2.23. The molecular weight excluding hydrogens is 200 g/mol. The van der Waals surface area contributed by atoms with Gasteiger partial charge in [0.25, 0.3) is 0 Å². The number of rotatable bonds is 9. The lowest BCUT2D eigenvalue weighted by molar-refractivity contribution is -0.124. The van der Waals surface area contributed by atoms with Crippen LogP contribution in [0.3, 0.4) is 0 Å². The number of carbonyl (C=O) groups excluding carboxylic acids is 1. The first-order chi connectivity index (χ1) is 7.46. The van der Waals surface area contributed by atoms with Gasteiger partial charge in [0, 0.05) is 19.4 Å². The first kappa shape index (κ1) is 15.6. The summed E-state index contributed by atoms with van der Waals surface area (Å²) in [5, 5.41) is 0. The fourth-order valence-electron chi connectivity index (χ4n) is 1.77. The van der Waals surface area contributed by atoms with Crippen molar-refractivity contribution in [2.24, 2.45) is 5.92 Å². The molecular formula is C14H28O2. The standard InChI is InChI=1S/C14H28O2/c1-6-8-9-12(7-2)13(15)10-11-14(3,4)16-5/h12H,6-11H2,1-5H3. The predicted octanol–water partition coefficient (Wildman–Crippen LogP) is 3.98. The van der Waals surface area contributed by atoms with Gasteiger partial charge in [-0.3, -0.25) is 4.79 Å². The molecule has 1 unspecified atom stereocenters. The number of hydrogen-bond acceptors (Lipinski definition) is 2. The third-order valence-corrected chi connectivity index (χ3v) is 3.38. The van der Waals surface area contributed by atoms with E-state index in [1.807, 2.05) is 13.8 Å². The molecule has 0 radical (unpaired) electrons. The number of hydrogen-bond donors (Lipinski definition) is 0. The zero-order valence-corrected chi connectivity index (χ0v) is 11.6. The van der Waals surface area contributed by atoms with Crippen LogP contribution in [0.4, 0.5) is 0 Å². The van der Waals surface area contributed by atoms with Gasteiger partial charge in [-0.2, -0.15) is 0 Å². The summed E-state index contributed by atoms with van der Waals surface area (Å²) in [5.41, 5.74) is -0.168. The van der Waals surface area contributed by atoms with E-state index in [2.05, 4.69) is 13.8 Å². The maximum atomic E-state index is 12.0. The van der Waals surface area contributed by atoms with Crippen molar-refractivity contribution in [2.75, 3.05) is 7.11 Å². The highest BCUT2D eigenvalue weighted by atomic mass is 16.5. The Morgan fingerprint density at radius 1 is 1.31 bits per heavy atom. The second-order valence-electron chi connectivity index (χ2n) is 5.18. The van der Waals surface area contributed by atoms with E-state index in [-0.39, 0.29) is 11.5 Å². The Balaban J connectivity index is 4.01. The molecule has 1 atom stereocenters. The summed E-state index contributed by atoms with van der Waals surface area (Å²) < 4.78 is 5.33. The van der Waals surface area contributed by atoms with Gasteiger partial charge in [-0.25, -0.2) is 0 Å². The summed E-state index contributed by atoms with van der Waals surface area (Å²) in [6.45, 7) is 8.35. The normalized spacial score (nSPS) is 13.8. The van der Waals surface area contributed by atoms with Gasteiger partial charge in [0.2, 0.25) is 0 Å². The molecule has 0 fully saturated rings. The molecule has 16 heavy (non-hydrogen) atoms. The zero-order chi connectivity index (χ0) is 12.6. The van der Waals surface area contributed by atoms with E-state index in [1.165, 1.54) is 6.42 Å². The highest BCUT2D eigenvalue weighted by Gasteiger charge is 2.21. The molecule has 0 saturated carbocycles. The highest BCUT2D eigenvalue weighted by molar-refractivity contribution is 5.80. The SMILES string of the molecule is CCCCC(CC)C(=O)CCC(C)(C)OC. The van der Waals surface area contributed by atoms with Crippen LogP contribution in [0, 0.1) is 5.92 Å². The van der Waals surface area contributed by atoms with Gasteiger partial charge in [-0.1, -0.05) is 26.7 Å². The van der Waals surface area contributed by atoms with E-state index in [0.29, 0.717) is 12.2 Å². The molecule has 2 nitrogen and oxygen atoms in total. The Bertz CT molecular complexity index is 197. The Labute approximate surface area is 101 Å². The van der Waals surface area contributed by atoms with Crippen LogP contribution in [0.2, 0.25) is 0 Å². The van der Waals surface area contributed by atoms with Crippen LogP contribution >= 0.6 is 0 Å². The molecule has 96 valence electrons. The summed E-state index contributed by atoms with van der Waals surface area (Å²) in [7, 11) is 1.71. The fourth-order valence-corrected chi connectivity index (χ4v) is 1.77. The van der Waals surface area contributed by atoms with Crippen LogP contribution in [0.25, 0.3) is 0 Å². The van der Waals surface area contributed by atoms with Crippen molar-refractivity contribution in [1.29, 1.82) is 0 Å². The van der Waals surface area contributed by atoms with Crippen molar-refractivity contribution in [3.05, 3.63) is 0 Å². The van der Waals surface area contributed by atoms with Crippen LogP contribution in [-0.4, -0.2) is 18.5 Å². The van der Waals surface area contributed by atoms with Crippen molar-refractivity contribution in [3.63, 3.8) is 0 Å². The first-order valence-electron chi connectivity index (χ1n) is 6.54. The topological polar surface area (TPSA) is 26.3 Å². The summed E-state index contributed by atoms with van der Waals surface area (Å²) in [5.74, 6) is 0.689. The van der Waals surface area contributed by atoms with Crippen molar-refractivity contribution < 1.29 is 9.53 Å². The van der Waals surface area contributed by atoms with Gasteiger partial charge in [0.05, 0.1) is 5.60 Å². The number of unbranched alkanes of at least 4 members (excludes halogenated alkanes) is 1.